The average molecular weight is 322 g/mol. The molecular formula is C17H24ClN3O. The first-order valence-corrected chi connectivity index (χ1v) is 8.54. The second-order valence-corrected chi connectivity index (χ2v) is 6.80. The number of piperazine rings is 1. The van der Waals surface area contributed by atoms with Gasteiger partial charge in [-0.15, -0.1) is 0 Å². The highest BCUT2D eigenvalue weighted by Crippen LogP contribution is 2.22. The van der Waals surface area contributed by atoms with Crippen molar-refractivity contribution in [1.82, 2.24) is 10.2 Å². The van der Waals surface area contributed by atoms with E-state index in [2.05, 4.69) is 22.0 Å². The Balaban J connectivity index is 1.55. The number of hydrogen-bond acceptors (Lipinski definition) is 3. The van der Waals surface area contributed by atoms with E-state index in [0.29, 0.717) is 11.9 Å². The van der Waals surface area contributed by atoms with Gasteiger partial charge in [-0.3, -0.25) is 4.79 Å². The molecule has 0 bridgehead atoms. The van der Waals surface area contributed by atoms with E-state index >= 15 is 0 Å². The van der Waals surface area contributed by atoms with E-state index < -0.39 is 0 Å². The molecule has 0 aromatic heterocycles. The number of rotatable bonds is 2. The number of benzene rings is 1. The molecule has 2 atom stereocenters. The molecule has 2 fully saturated rings. The predicted octanol–water partition coefficient (Wildman–Crippen LogP) is 2.38. The summed E-state index contributed by atoms with van der Waals surface area (Å²) in [4.78, 5) is 17.0. The van der Waals surface area contributed by atoms with Crippen molar-refractivity contribution in [3.8, 4) is 0 Å². The maximum atomic E-state index is 12.6. The summed E-state index contributed by atoms with van der Waals surface area (Å²) in [6, 6.07) is 8.40. The third-order valence-electron chi connectivity index (χ3n) is 4.76. The van der Waals surface area contributed by atoms with Crippen LogP contribution in [-0.2, 0) is 4.79 Å². The summed E-state index contributed by atoms with van der Waals surface area (Å²) < 4.78 is 0. The molecule has 0 saturated carbocycles. The zero-order valence-corrected chi connectivity index (χ0v) is 13.9. The van der Waals surface area contributed by atoms with Gasteiger partial charge in [0.25, 0.3) is 0 Å². The van der Waals surface area contributed by atoms with Crippen LogP contribution in [0.4, 0.5) is 5.69 Å². The Bertz CT molecular complexity index is 511. The minimum atomic E-state index is 0.207. The fourth-order valence-corrected chi connectivity index (χ4v) is 3.58. The van der Waals surface area contributed by atoms with Crippen molar-refractivity contribution in [2.45, 2.75) is 25.8 Å². The molecule has 1 amide bonds. The quantitative estimate of drug-likeness (QED) is 0.908. The van der Waals surface area contributed by atoms with Gasteiger partial charge in [-0.1, -0.05) is 11.6 Å². The molecule has 0 aliphatic carbocycles. The third kappa shape index (κ3) is 3.55. The molecule has 2 aliphatic rings. The first-order valence-electron chi connectivity index (χ1n) is 8.16. The third-order valence-corrected chi connectivity index (χ3v) is 5.01. The van der Waals surface area contributed by atoms with Crippen molar-refractivity contribution < 1.29 is 4.79 Å². The lowest BCUT2D eigenvalue weighted by atomic mass is 9.92. The van der Waals surface area contributed by atoms with Gasteiger partial charge in [-0.2, -0.15) is 0 Å². The Kier molecular flexibility index (Phi) is 4.89. The van der Waals surface area contributed by atoms with Crippen molar-refractivity contribution in [1.29, 1.82) is 0 Å². The van der Waals surface area contributed by atoms with Crippen molar-refractivity contribution in [2.75, 3.05) is 37.6 Å². The Morgan fingerprint density at radius 2 is 1.86 bits per heavy atom. The summed E-state index contributed by atoms with van der Waals surface area (Å²) in [6.45, 7) is 6.56. The van der Waals surface area contributed by atoms with Gasteiger partial charge in [0, 0.05) is 48.8 Å². The standard InChI is InChI=1S/C17H24ClN3O/c1-13-12-14(6-7-19-13)17(22)21-10-8-20(9-11-21)16-4-2-15(18)3-5-16/h2-5,13-14,19H,6-12H2,1H3/t13-,14-/m0/s1. The van der Waals surface area contributed by atoms with E-state index in [1.807, 2.05) is 24.3 Å². The lowest BCUT2D eigenvalue weighted by molar-refractivity contribution is -0.137. The van der Waals surface area contributed by atoms with Gasteiger partial charge in [0.05, 0.1) is 0 Å². The molecule has 4 nitrogen and oxygen atoms in total. The van der Waals surface area contributed by atoms with Gasteiger partial charge >= 0.3 is 0 Å². The first kappa shape index (κ1) is 15.6. The van der Waals surface area contributed by atoms with Gasteiger partial charge in [0.15, 0.2) is 0 Å². The summed E-state index contributed by atoms with van der Waals surface area (Å²) in [5.74, 6) is 0.558. The number of carbonyl (C=O) groups is 1. The van der Waals surface area contributed by atoms with Crippen LogP contribution < -0.4 is 10.2 Å². The molecule has 1 aromatic rings. The molecule has 120 valence electrons. The van der Waals surface area contributed by atoms with E-state index in [-0.39, 0.29) is 5.92 Å². The summed E-state index contributed by atoms with van der Waals surface area (Å²) >= 11 is 5.94. The largest absolute Gasteiger partial charge is 0.368 e. The number of carbonyl (C=O) groups excluding carboxylic acids is 1. The minimum Gasteiger partial charge on any atom is -0.368 e. The smallest absolute Gasteiger partial charge is 0.225 e. The Labute approximate surface area is 137 Å². The average Bonchev–Trinajstić information content (AvgIpc) is 2.55. The van der Waals surface area contributed by atoms with Gasteiger partial charge in [0.1, 0.15) is 0 Å². The number of nitrogens with one attached hydrogen (secondary N) is 1. The molecule has 2 heterocycles. The van der Waals surface area contributed by atoms with Crippen LogP contribution in [0.25, 0.3) is 0 Å². The number of hydrogen-bond donors (Lipinski definition) is 1. The maximum Gasteiger partial charge on any atom is 0.225 e. The highest BCUT2D eigenvalue weighted by atomic mass is 35.5. The lowest BCUT2D eigenvalue weighted by Crippen LogP contribution is -2.52. The molecule has 2 saturated heterocycles. The second kappa shape index (κ2) is 6.88. The monoisotopic (exact) mass is 321 g/mol. The Hall–Kier alpha value is -1.26. The Morgan fingerprint density at radius 3 is 2.50 bits per heavy atom. The van der Waals surface area contributed by atoms with Crippen LogP contribution in [0, 0.1) is 5.92 Å². The molecule has 2 aliphatic heterocycles. The van der Waals surface area contributed by atoms with Crippen LogP contribution in [0.15, 0.2) is 24.3 Å². The van der Waals surface area contributed by atoms with E-state index in [9.17, 15) is 4.79 Å². The number of anilines is 1. The molecule has 22 heavy (non-hydrogen) atoms. The highest BCUT2D eigenvalue weighted by Gasteiger charge is 2.30. The van der Waals surface area contributed by atoms with Gasteiger partial charge < -0.3 is 15.1 Å². The Morgan fingerprint density at radius 1 is 1.18 bits per heavy atom. The van der Waals surface area contributed by atoms with Crippen LogP contribution in [-0.4, -0.2) is 49.6 Å². The van der Waals surface area contributed by atoms with Crippen LogP contribution in [0.2, 0.25) is 5.02 Å². The van der Waals surface area contributed by atoms with Gasteiger partial charge in [0.2, 0.25) is 5.91 Å². The molecule has 5 heteroatoms. The van der Waals surface area contributed by atoms with Crippen molar-refractivity contribution in [3.63, 3.8) is 0 Å². The fourth-order valence-electron chi connectivity index (χ4n) is 3.45. The van der Waals surface area contributed by atoms with Crippen LogP contribution in [0.1, 0.15) is 19.8 Å². The van der Waals surface area contributed by atoms with E-state index in [1.54, 1.807) is 0 Å². The van der Waals surface area contributed by atoms with E-state index in [0.717, 1.165) is 50.6 Å². The van der Waals surface area contributed by atoms with Gasteiger partial charge in [-0.05, 0) is 50.6 Å². The van der Waals surface area contributed by atoms with Crippen molar-refractivity contribution >= 4 is 23.2 Å². The molecular weight excluding hydrogens is 298 g/mol. The minimum absolute atomic E-state index is 0.207. The zero-order chi connectivity index (χ0) is 15.5. The predicted molar refractivity (Wildman–Crippen MR) is 90.4 cm³/mol. The number of halogens is 1. The SMILES string of the molecule is C[C@H]1C[C@@H](C(=O)N2CCN(c3ccc(Cl)cc3)CC2)CCN1. The zero-order valence-electron chi connectivity index (χ0n) is 13.1. The maximum absolute atomic E-state index is 12.6. The molecule has 3 rings (SSSR count). The summed E-state index contributed by atoms with van der Waals surface area (Å²) in [5.41, 5.74) is 1.19. The highest BCUT2D eigenvalue weighted by molar-refractivity contribution is 6.30. The normalized spacial score (nSPS) is 26.1. The molecule has 1 aromatic carbocycles. The molecule has 1 N–H and O–H groups in total. The second-order valence-electron chi connectivity index (χ2n) is 6.37. The van der Waals surface area contributed by atoms with E-state index in [4.69, 9.17) is 11.6 Å². The van der Waals surface area contributed by atoms with Crippen LogP contribution in [0.3, 0.4) is 0 Å². The fraction of sp³-hybridized carbons (Fsp3) is 0.588. The first-order chi connectivity index (χ1) is 10.6. The lowest BCUT2D eigenvalue weighted by Gasteiger charge is -2.39. The van der Waals surface area contributed by atoms with Crippen molar-refractivity contribution in [2.24, 2.45) is 5.92 Å². The van der Waals surface area contributed by atoms with Crippen LogP contribution >= 0.6 is 11.6 Å². The molecule has 0 radical (unpaired) electrons. The number of piperidine rings is 1. The number of amides is 1. The summed E-state index contributed by atoms with van der Waals surface area (Å²) in [6.07, 6.45) is 1.94. The molecule has 0 spiro atoms. The summed E-state index contributed by atoms with van der Waals surface area (Å²) in [5, 5.41) is 4.17. The van der Waals surface area contributed by atoms with Crippen LogP contribution in [0.5, 0.6) is 0 Å². The van der Waals surface area contributed by atoms with Crippen molar-refractivity contribution in [3.05, 3.63) is 29.3 Å². The van der Waals surface area contributed by atoms with E-state index in [1.165, 1.54) is 5.69 Å². The molecule has 0 unspecified atom stereocenters. The topological polar surface area (TPSA) is 35.6 Å². The summed E-state index contributed by atoms with van der Waals surface area (Å²) in [7, 11) is 0. The number of nitrogens with zero attached hydrogens (tertiary/aromatic N) is 2. The van der Waals surface area contributed by atoms with Gasteiger partial charge in [-0.25, -0.2) is 0 Å².